The number of alkyl halides is 2. The number of esters is 2. The van der Waals surface area contributed by atoms with Gasteiger partial charge in [0.1, 0.15) is 34.0 Å². The first-order valence-electron chi connectivity index (χ1n) is 9.58. The van der Waals surface area contributed by atoms with E-state index in [0.29, 0.717) is 27.8 Å². The first kappa shape index (κ1) is 23.1. The summed E-state index contributed by atoms with van der Waals surface area (Å²) in [7, 11) is 1.30. The highest BCUT2D eigenvalue weighted by Gasteiger charge is 2.28. The lowest BCUT2D eigenvalue weighted by molar-refractivity contribution is -0.131. The van der Waals surface area contributed by atoms with Crippen LogP contribution in [0.4, 0.5) is 8.78 Å². The van der Waals surface area contributed by atoms with Crippen LogP contribution in [0, 0.1) is 0 Å². The molecule has 0 unspecified atom stereocenters. The number of methoxy groups -OCH3 is 1. The van der Waals surface area contributed by atoms with Crippen LogP contribution >= 0.6 is 0 Å². The summed E-state index contributed by atoms with van der Waals surface area (Å²) in [5.74, 6) is -1.44. The molecule has 2 aromatic carbocycles. The first-order valence-corrected chi connectivity index (χ1v) is 9.58. The Hall–Kier alpha value is -3.62. The van der Waals surface area contributed by atoms with Gasteiger partial charge in [-0.05, 0) is 50.6 Å². The van der Waals surface area contributed by atoms with E-state index in [1.807, 2.05) is 0 Å². The molecule has 0 aliphatic carbocycles. The summed E-state index contributed by atoms with van der Waals surface area (Å²) in [4.78, 5) is 23.9. The molecule has 0 radical (unpaired) electrons. The molecule has 3 rings (SSSR count). The van der Waals surface area contributed by atoms with Crippen LogP contribution in [0.15, 0.2) is 41.0 Å². The van der Waals surface area contributed by atoms with E-state index in [0.717, 1.165) is 0 Å². The highest BCUT2D eigenvalue weighted by molar-refractivity contribution is 6.00. The van der Waals surface area contributed by atoms with Crippen molar-refractivity contribution in [3.8, 4) is 28.4 Å². The third-order valence-corrected chi connectivity index (χ3v) is 4.22. The predicted octanol–water partition coefficient (Wildman–Crippen LogP) is 5.59. The molecule has 0 amide bonds. The molecular weight excluding hydrogens is 426 g/mol. The lowest BCUT2D eigenvalue weighted by Crippen LogP contribution is -2.25. The van der Waals surface area contributed by atoms with Crippen molar-refractivity contribution in [1.29, 1.82) is 0 Å². The smallest absolute Gasteiger partial charge is 0.387 e. The fraction of sp³-hybridized carbons (Fsp3) is 0.304. The maximum absolute atomic E-state index is 13.1. The molecule has 1 heterocycles. The summed E-state index contributed by atoms with van der Waals surface area (Å²) in [5.41, 5.74) is 0.233. The number of hydrogen-bond donors (Lipinski definition) is 0. The molecule has 0 bridgehead atoms. The Morgan fingerprint density at radius 2 is 1.75 bits per heavy atom. The molecule has 9 heteroatoms. The maximum Gasteiger partial charge on any atom is 0.387 e. The number of hydrogen-bond acceptors (Lipinski definition) is 7. The lowest BCUT2D eigenvalue weighted by Gasteiger charge is -2.22. The quantitative estimate of drug-likeness (QED) is 0.359. The number of ether oxygens (including phenoxy) is 4. The van der Waals surface area contributed by atoms with Gasteiger partial charge < -0.3 is 23.4 Å². The molecule has 0 N–H and O–H groups in total. The van der Waals surface area contributed by atoms with Gasteiger partial charge in [0.25, 0.3) is 0 Å². The zero-order valence-corrected chi connectivity index (χ0v) is 18.2. The van der Waals surface area contributed by atoms with Gasteiger partial charge in [0.15, 0.2) is 0 Å². The molecule has 0 fully saturated rings. The number of furan rings is 1. The summed E-state index contributed by atoms with van der Waals surface area (Å²) in [6.45, 7) is 3.06. The second-order valence-electron chi connectivity index (χ2n) is 7.83. The number of benzene rings is 2. The largest absolute Gasteiger partial charge is 0.496 e. The summed E-state index contributed by atoms with van der Waals surface area (Å²) >= 11 is 0. The lowest BCUT2D eigenvalue weighted by atomic mass is 10.0. The summed E-state index contributed by atoms with van der Waals surface area (Å²) in [5, 5.41) is 0.621. The van der Waals surface area contributed by atoms with Crippen molar-refractivity contribution in [2.75, 3.05) is 7.11 Å². The molecule has 0 spiro atoms. The van der Waals surface area contributed by atoms with Gasteiger partial charge in [-0.2, -0.15) is 8.78 Å². The minimum atomic E-state index is -3.18. The topological polar surface area (TPSA) is 84.2 Å². The van der Waals surface area contributed by atoms with Crippen molar-refractivity contribution in [2.45, 2.75) is 39.9 Å². The number of fused-ring (bicyclic) bond motifs is 1. The molecule has 7 nitrogen and oxygen atoms in total. The number of carbonyl (C=O) groups excluding carboxylic acids is 2. The maximum atomic E-state index is 13.1. The molecular formula is C23H22F2O7. The average Bonchev–Trinajstić information content (AvgIpc) is 3.08. The Balaban J connectivity index is 2.13. The van der Waals surface area contributed by atoms with E-state index in [1.54, 1.807) is 32.9 Å². The third-order valence-electron chi connectivity index (χ3n) is 4.22. The van der Waals surface area contributed by atoms with Crippen LogP contribution < -0.4 is 14.2 Å². The van der Waals surface area contributed by atoms with Gasteiger partial charge in [0.05, 0.1) is 13.4 Å². The Labute approximate surface area is 182 Å². The SMILES string of the molecule is COc1cc(-c2coc3cc(OC(C)=O)ccc23)cc(OC(F)F)c1C(=O)OC(C)(C)C. The van der Waals surface area contributed by atoms with Crippen LogP contribution in [0.1, 0.15) is 38.1 Å². The minimum Gasteiger partial charge on any atom is -0.496 e. The second-order valence-corrected chi connectivity index (χ2v) is 7.83. The summed E-state index contributed by atoms with van der Waals surface area (Å²) in [6.07, 6.45) is 1.41. The minimum absolute atomic E-state index is 0.00159. The Bertz CT molecular complexity index is 1160. The monoisotopic (exact) mass is 448 g/mol. The number of halogens is 2. The zero-order chi connectivity index (χ0) is 23.6. The van der Waals surface area contributed by atoms with Gasteiger partial charge in [0, 0.05) is 23.9 Å². The van der Waals surface area contributed by atoms with Crippen molar-refractivity contribution < 1.29 is 41.7 Å². The van der Waals surface area contributed by atoms with E-state index in [2.05, 4.69) is 4.74 Å². The Morgan fingerprint density at radius 3 is 2.34 bits per heavy atom. The molecule has 0 saturated heterocycles. The average molecular weight is 448 g/mol. The molecule has 0 saturated carbocycles. The molecule has 0 aliphatic heterocycles. The van der Waals surface area contributed by atoms with E-state index in [9.17, 15) is 18.4 Å². The van der Waals surface area contributed by atoms with Crippen molar-refractivity contribution >= 4 is 22.9 Å². The van der Waals surface area contributed by atoms with Gasteiger partial charge in [-0.3, -0.25) is 4.79 Å². The van der Waals surface area contributed by atoms with Gasteiger partial charge in [-0.15, -0.1) is 0 Å². The van der Waals surface area contributed by atoms with E-state index >= 15 is 0 Å². The van der Waals surface area contributed by atoms with Gasteiger partial charge in [-0.1, -0.05) is 0 Å². The highest BCUT2D eigenvalue weighted by atomic mass is 19.3. The number of carbonyl (C=O) groups is 2. The van der Waals surface area contributed by atoms with Crippen molar-refractivity contribution in [2.24, 2.45) is 0 Å². The van der Waals surface area contributed by atoms with Crippen molar-refractivity contribution in [3.63, 3.8) is 0 Å². The first-order chi connectivity index (χ1) is 15.0. The predicted molar refractivity (Wildman–Crippen MR) is 111 cm³/mol. The van der Waals surface area contributed by atoms with E-state index in [1.165, 1.54) is 38.5 Å². The molecule has 1 aromatic heterocycles. The summed E-state index contributed by atoms with van der Waals surface area (Å²) < 4.78 is 52.1. The Kier molecular flexibility index (Phi) is 6.38. The van der Waals surface area contributed by atoms with Gasteiger partial charge in [0.2, 0.25) is 0 Å². The van der Waals surface area contributed by atoms with Crippen molar-refractivity contribution in [3.05, 3.63) is 42.2 Å². The standard InChI is InChI=1S/C23H22F2O7/c1-12(26)30-14-6-7-15-16(11-29-17(15)10-14)13-8-18(28-5)20(19(9-13)31-22(24)25)21(27)32-23(2,3)4/h6-11,22H,1-5H3. The van der Waals surface area contributed by atoms with E-state index in [-0.39, 0.29) is 11.3 Å². The second kappa shape index (κ2) is 8.86. The van der Waals surface area contributed by atoms with Crippen LogP contribution in [0.3, 0.4) is 0 Å². The van der Waals surface area contributed by atoms with Gasteiger partial charge >= 0.3 is 18.6 Å². The van der Waals surface area contributed by atoms with Crippen LogP contribution in [-0.4, -0.2) is 31.3 Å². The Morgan fingerprint density at radius 1 is 1.06 bits per heavy atom. The van der Waals surface area contributed by atoms with Crippen LogP contribution in [0.5, 0.6) is 17.2 Å². The fourth-order valence-corrected chi connectivity index (χ4v) is 3.09. The molecule has 0 aliphatic rings. The molecule has 3 aromatic rings. The van der Waals surface area contributed by atoms with Crippen LogP contribution in [0.25, 0.3) is 22.1 Å². The van der Waals surface area contributed by atoms with E-state index < -0.39 is 29.9 Å². The molecule has 0 atom stereocenters. The molecule has 32 heavy (non-hydrogen) atoms. The third kappa shape index (κ3) is 5.16. The number of rotatable bonds is 6. The zero-order valence-electron chi connectivity index (χ0n) is 18.2. The summed E-state index contributed by atoms with van der Waals surface area (Å²) in [6, 6.07) is 7.56. The molecule has 170 valence electrons. The van der Waals surface area contributed by atoms with Crippen LogP contribution in [-0.2, 0) is 9.53 Å². The normalized spacial score (nSPS) is 11.5. The van der Waals surface area contributed by atoms with E-state index in [4.69, 9.17) is 18.6 Å². The van der Waals surface area contributed by atoms with Crippen LogP contribution in [0.2, 0.25) is 0 Å². The highest BCUT2D eigenvalue weighted by Crippen LogP contribution is 2.40. The van der Waals surface area contributed by atoms with Crippen molar-refractivity contribution in [1.82, 2.24) is 0 Å². The van der Waals surface area contributed by atoms with Gasteiger partial charge in [-0.25, -0.2) is 4.79 Å². The fourth-order valence-electron chi connectivity index (χ4n) is 3.09.